The van der Waals surface area contributed by atoms with Crippen molar-refractivity contribution in [1.82, 2.24) is 5.32 Å². The predicted octanol–water partition coefficient (Wildman–Crippen LogP) is 3.16. The molecule has 16 heavy (non-hydrogen) atoms. The van der Waals surface area contributed by atoms with Crippen LogP contribution in [0.25, 0.3) is 0 Å². The summed E-state index contributed by atoms with van der Waals surface area (Å²) in [6.45, 7) is 8.93. The maximum atomic E-state index is 10.2. The number of hydrogen-bond acceptors (Lipinski definition) is 2. The van der Waals surface area contributed by atoms with Crippen molar-refractivity contribution >= 4 is 0 Å². The molecule has 0 saturated heterocycles. The topological polar surface area (TPSA) is 32.3 Å². The molecular weight excluding hydrogens is 198 g/mol. The molecule has 0 bridgehead atoms. The van der Waals surface area contributed by atoms with E-state index in [0.717, 1.165) is 12.3 Å². The molecule has 0 spiro atoms. The first-order valence-corrected chi connectivity index (χ1v) is 6.98. The Balaban J connectivity index is 2.40. The third-order valence-electron chi connectivity index (χ3n) is 4.05. The van der Waals surface area contributed by atoms with Gasteiger partial charge in [0.2, 0.25) is 0 Å². The highest BCUT2D eigenvalue weighted by Crippen LogP contribution is 2.30. The molecule has 96 valence electrons. The molecule has 1 rings (SSSR count). The van der Waals surface area contributed by atoms with Gasteiger partial charge in [0.25, 0.3) is 0 Å². The number of rotatable bonds is 5. The Kier molecular flexibility index (Phi) is 5.77. The van der Waals surface area contributed by atoms with Crippen molar-refractivity contribution in [2.75, 3.05) is 0 Å². The van der Waals surface area contributed by atoms with Gasteiger partial charge in [-0.25, -0.2) is 0 Å². The van der Waals surface area contributed by atoms with Gasteiger partial charge in [0.05, 0.1) is 0 Å². The second-order valence-electron chi connectivity index (χ2n) is 5.90. The van der Waals surface area contributed by atoms with E-state index in [1.807, 2.05) is 0 Å². The van der Waals surface area contributed by atoms with Crippen LogP contribution < -0.4 is 5.32 Å². The molecule has 4 atom stereocenters. The lowest BCUT2D eigenvalue weighted by molar-refractivity contribution is 0.0289. The predicted molar refractivity (Wildman–Crippen MR) is 69.2 cm³/mol. The molecule has 1 aliphatic rings. The van der Waals surface area contributed by atoms with Gasteiger partial charge < -0.3 is 5.11 Å². The highest BCUT2D eigenvalue weighted by Gasteiger charge is 2.27. The molecule has 0 amide bonds. The number of aliphatic hydroxyl groups is 1. The number of nitrogens with one attached hydrogen (secondary N) is 1. The van der Waals surface area contributed by atoms with Crippen molar-refractivity contribution in [3.8, 4) is 0 Å². The SMILES string of the molecule is CC[C@H](NC(O)C1CCCC(C)C1)C(C)C. The van der Waals surface area contributed by atoms with Gasteiger partial charge in [-0.05, 0) is 37.0 Å². The van der Waals surface area contributed by atoms with Gasteiger partial charge in [0.1, 0.15) is 6.23 Å². The standard InChI is InChI=1S/C14H29NO/c1-5-13(10(2)3)15-14(16)12-8-6-7-11(4)9-12/h10-16H,5-9H2,1-4H3/t11?,12?,13-,14?/m0/s1. The molecular formula is C14H29NO. The third kappa shape index (κ3) is 4.06. The van der Waals surface area contributed by atoms with Gasteiger partial charge in [-0.1, -0.05) is 40.5 Å². The molecule has 0 radical (unpaired) electrons. The summed E-state index contributed by atoms with van der Waals surface area (Å²) >= 11 is 0. The van der Waals surface area contributed by atoms with Gasteiger partial charge in [-0.15, -0.1) is 0 Å². The summed E-state index contributed by atoms with van der Waals surface area (Å²) < 4.78 is 0. The van der Waals surface area contributed by atoms with E-state index >= 15 is 0 Å². The minimum atomic E-state index is -0.296. The maximum absolute atomic E-state index is 10.2. The second kappa shape index (κ2) is 6.61. The Labute approximate surface area is 101 Å². The zero-order valence-corrected chi connectivity index (χ0v) is 11.4. The average Bonchev–Trinajstić information content (AvgIpc) is 2.25. The average molecular weight is 227 g/mol. The van der Waals surface area contributed by atoms with Crippen LogP contribution in [-0.4, -0.2) is 17.4 Å². The fraction of sp³-hybridized carbons (Fsp3) is 1.00. The van der Waals surface area contributed by atoms with E-state index in [-0.39, 0.29) is 6.23 Å². The Morgan fingerprint density at radius 1 is 1.31 bits per heavy atom. The molecule has 0 aromatic carbocycles. The van der Waals surface area contributed by atoms with E-state index in [2.05, 4.69) is 33.0 Å². The smallest absolute Gasteiger partial charge is 0.107 e. The summed E-state index contributed by atoms with van der Waals surface area (Å²) in [5.41, 5.74) is 0. The van der Waals surface area contributed by atoms with Crippen LogP contribution in [0.5, 0.6) is 0 Å². The first-order valence-electron chi connectivity index (χ1n) is 6.98. The molecule has 1 fully saturated rings. The van der Waals surface area contributed by atoms with Crippen molar-refractivity contribution < 1.29 is 5.11 Å². The van der Waals surface area contributed by atoms with Crippen LogP contribution in [0.2, 0.25) is 0 Å². The lowest BCUT2D eigenvalue weighted by Crippen LogP contribution is -2.45. The van der Waals surface area contributed by atoms with Crippen molar-refractivity contribution in [1.29, 1.82) is 0 Å². The molecule has 2 heteroatoms. The van der Waals surface area contributed by atoms with Crippen molar-refractivity contribution in [3.63, 3.8) is 0 Å². The van der Waals surface area contributed by atoms with Crippen LogP contribution in [0.3, 0.4) is 0 Å². The van der Waals surface area contributed by atoms with Crippen LogP contribution in [0.4, 0.5) is 0 Å². The molecule has 2 nitrogen and oxygen atoms in total. The van der Waals surface area contributed by atoms with Crippen LogP contribution in [0.15, 0.2) is 0 Å². The van der Waals surface area contributed by atoms with Crippen LogP contribution in [0, 0.1) is 17.8 Å². The van der Waals surface area contributed by atoms with E-state index in [1.165, 1.54) is 25.7 Å². The molecule has 2 N–H and O–H groups in total. The van der Waals surface area contributed by atoms with Gasteiger partial charge in [-0.2, -0.15) is 0 Å². The summed E-state index contributed by atoms with van der Waals surface area (Å²) in [5, 5.41) is 13.6. The highest BCUT2D eigenvalue weighted by molar-refractivity contribution is 4.78. The molecule has 3 unspecified atom stereocenters. The lowest BCUT2D eigenvalue weighted by atomic mass is 9.81. The monoisotopic (exact) mass is 227 g/mol. The maximum Gasteiger partial charge on any atom is 0.107 e. The second-order valence-corrected chi connectivity index (χ2v) is 5.90. The molecule has 1 saturated carbocycles. The highest BCUT2D eigenvalue weighted by atomic mass is 16.3. The normalized spacial score (nSPS) is 30.4. The Hall–Kier alpha value is -0.0800. The Bertz CT molecular complexity index is 193. The van der Waals surface area contributed by atoms with E-state index in [9.17, 15) is 5.11 Å². The van der Waals surface area contributed by atoms with Crippen molar-refractivity contribution in [3.05, 3.63) is 0 Å². The minimum absolute atomic E-state index is 0.296. The minimum Gasteiger partial charge on any atom is -0.378 e. The number of hydrogen-bond donors (Lipinski definition) is 2. The quantitative estimate of drug-likeness (QED) is 0.707. The van der Waals surface area contributed by atoms with Gasteiger partial charge in [0.15, 0.2) is 0 Å². The van der Waals surface area contributed by atoms with E-state index in [0.29, 0.717) is 17.9 Å². The first-order chi connectivity index (χ1) is 7.54. The zero-order chi connectivity index (χ0) is 12.1. The van der Waals surface area contributed by atoms with Crippen LogP contribution >= 0.6 is 0 Å². The van der Waals surface area contributed by atoms with E-state index in [4.69, 9.17) is 0 Å². The van der Waals surface area contributed by atoms with E-state index < -0.39 is 0 Å². The summed E-state index contributed by atoms with van der Waals surface area (Å²) in [5.74, 6) is 1.85. The summed E-state index contributed by atoms with van der Waals surface area (Å²) in [7, 11) is 0. The van der Waals surface area contributed by atoms with Crippen molar-refractivity contribution in [2.45, 2.75) is 72.1 Å². The fourth-order valence-electron chi connectivity index (χ4n) is 2.90. The Morgan fingerprint density at radius 2 is 2.00 bits per heavy atom. The van der Waals surface area contributed by atoms with Gasteiger partial charge in [0, 0.05) is 6.04 Å². The van der Waals surface area contributed by atoms with Gasteiger partial charge >= 0.3 is 0 Å². The Morgan fingerprint density at radius 3 is 2.50 bits per heavy atom. The lowest BCUT2D eigenvalue weighted by Gasteiger charge is -2.34. The first kappa shape index (κ1) is 14.0. The molecule has 1 aliphatic carbocycles. The van der Waals surface area contributed by atoms with Crippen LogP contribution in [-0.2, 0) is 0 Å². The third-order valence-corrected chi connectivity index (χ3v) is 4.05. The van der Waals surface area contributed by atoms with Crippen molar-refractivity contribution in [2.24, 2.45) is 17.8 Å². The molecule has 0 aromatic heterocycles. The molecule has 0 aliphatic heterocycles. The number of aliphatic hydroxyl groups excluding tert-OH is 1. The largest absolute Gasteiger partial charge is 0.378 e. The summed E-state index contributed by atoms with van der Waals surface area (Å²) in [6.07, 6.45) is 5.79. The summed E-state index contributed by atoms with van der Waals surface area (Å²) in [6, 6.07) is 0.451. The zero-order valence-electron chi connectivity index (χ0n) is 11.4. The summed E-state index contributed by atoms with van der Waals surface area (Å²) in [4.78, 5) is 0. The molecule has 0 aromatic rings. The van der Waals surface area contributed by atoms with Crippen LogP contribution in [0.1, 0.15) is 59.8 Å². The molecule has 0 heterocycles. The van der Waals surface area contributed by atoms with Gasteiger partial charge in [-0.3, -0.25) is 5.32 Å². The van der Waals surface area contributed by atoms with E-state index in [1.54, 1.807) is 0 Å². The fourth-order valence-corrected chi connectivity index (χ4v) is 2.90.